The molecule has 0 atom stereocenters. The van der Waals surface area contributed by atoms with E-state index in [1.807, 2.05) is 0 Å². The van der Waals surface area contributed by atoms with Crippen LogP contribution in [0.15, 0.2) is 18.2 Å². The predicted molar refractivity (Wildman–Crippen MR) is 74.5 cm³/mol. The summed E-state index contributed by atoms with van der Waals surface area (Å²) in [5.41, 5.74) is -0.225. The second-order valence-corrected chi connectivity index (χ2v) is 4.38. The van der Waals surface area contributed by atoms with E-state index >= 15 is 0 Å². The third-order valence-corrected chi connectivity index (χ3v) is 2.83. The van der Waals surface area contributed by atoms with Gasteiger partial charge in [-0.25, -0.2) is 9.37 Å². The van der Waals surface area contributed by atoms with Crippen molar-refractivity contribution in [3.63, 3.8) is 0 Å². The zero-order valence-corrected chi connectivity index (χ0v) is 11.8. The van der Waals surface area contributed by atoms with Crippen LogP contribution >= 0.6 is 11.6 Å². The molecule has 0 saturated heterocycles. The fourth-order valence-corrected chi connectivity index (χ4v) is 1.76. The Labute approximate surface area is 123 Å². The zero-order valence-electron chi connectivity index (χ0n) is 11.1. The highest BCUT2D eigenvalue weighted by atomic mass is 35.5. The number of aromatic nitrogens is 2. The first-order valence-corrected chi connectivity index (χ1v) is 6.14. The van der Waals surface area contributed by atoms with Gasteiger partial charge in [0.05, 0.1) is 9.95 Å². The lowest BCUT2D eigenvalue weighted by Gasteiger charge is -2.08. The highest BCUT2D eigenvalue weighted by Crippen LogP contribution is 2.33. The molecule has 0 radical (unpaired) electrons. The summed E-state index contributed by atoms with van der Waals surface area (Å²) < 4.78 is 18.4. The second kappa shape index (κ2) is 5.88. The number of nitro groups is 1. The quantitative estimate of drug-likeness (QED) is 0.688. The minimum atomic E-state index is -0.644. The summed E-state index contributed by atoms with van der Waals surface area (Å²) in [5, 5.41) is 13.6. The van der Waals surface area contributed by atoms with Gasteiger partial charge in [0.25, 0.3) is 0 Å². The van der Waals surface area contributed by atoms with Gasteiger partial charge < -0.3 is 10.1 Å². The minimum absolute atomic E-state index is 0.129. The Morgan fingerprint density at radius 1 is 1.43 bits per heavy atom. The first kappa shape index (κ1) is 14.9. The van der Waals surface area contributed by atoms with Gasteiger partial charge >= 0.3 is 11.6 Å². The molecule has 0 unspecified atom stereocenters. The van der Waals surface area contributed by atoms with Gasteiger partial charge in [-0.15, -0.1) is 0 Å². The molecule has 1 aromatic carbocycles. The van der Waals surface area contributed by atoms with Crippen molar-refractivity contribution in [1.29, 1.82) is 0 Å². The Hall–Kier alpha value is -2.48. The van der Waals surface area contributed by atoms with E-state index in [-0.39, 0.29) is 34.0 Å². The average Bonchev–Trinajstić information content (AvgIpc) is 2.41. The lowest BCUT2D eigenvalue weighted by atomic mass is 10.3. The highest BCUT2D eigenvalue weighted by molar-refractivity contribution is 6.30. The van der Waals surface area contributed by atoms with Crippen molar-refractivity contribution < 1.29 is 14.1 Å². The molecule has 0 bridgehead atoms. The van der Waals surface area contributed by atoms with Gasteiger partial charge in [-0.2, -0.15) is 4.98 Å². The number of aryl methyl sites for hydroxylation is 1. The van der Waals surface area contributed by atoms with Gasteiger partial charge in [-0.1, -0.05) is 11.6 Å². The Morgan fingerprint density at radius 3 is 2.71 bits per heavy atom. The summed E-state index contributed by atoms with van der Waals surface area (Å²) in [6, 6.07) is 3.59. The largest absolute Gasteiger partial charge is 0.433 e. The van der Waals surface area contributed by atoms with E-state index in [9.17, 15) is 14.5 Å². The van der Waals surface area contributed by atoms with Crippen LogP contribution in [0.1, 0.15) is 5.69 Å². The van der Waals surface area contributed by atoms with Crippen molar-refractivity contribution in [2.45, 2.75) is 6.92 Å². The van der Waals surface area contributed by atoms with Crippen LogP contribution in [0.5, 0.6) is 11.6 Å². The molecule has 0 spiro atoms. The second-order valence-electron chi connectivity index (χ2n) is 3.97. The van der Waals surface area contributed by atoms with E-state index in [1.165, 1.54) is 19.1 Å². The number of hydrogen-bond donors (Lipinski definition) is 1. The molecule has 0 saturated carbocycles. The van der Waals surface area contributed by atoms with E-state index in [2.05, 4.69) is 15.3 Å². The van der Waals surface area contributed by atoms with Gasteiger partial charge in [0.1, 0.15) is 17.3 Å². The lowest BCUT2D eigenvalue weighted by molar-refractivity contribution is -0.386. The van der Waals surface area contributed by atoms with Crippen molar-refractivity contribution in [3.05, 3.63) is 44.8 Å². The predicted octanol–water partition coefficient (Wildman–Crippen LogP) is 3.32. The van der Waals surface area contributed by atoms with Crippen LogP contribution in [-0.4, -0.2) is 21.9 Å². The van der Waals surface area contributed by atoms with Crippen LogP contribution in [0.3, 0.4) is 0 Å². The third kappa shape index (κ3) is 3.16. The maximum absolute atomic E-state index is 13.1. The molecule has 0 aliphatic heterocycles. The molecule has 0 fully saturated rings. The van der Waals surface area contributed by atoms with Crippen molar-refractivity contribution in [1.82, 2.24) is 9.97 Å². The number of nitrogens with one attached hydrogen (secondary N) is 1. The maximum atomic E-state index is 13.1. The number of anilines is 1. The van der Waals surface area contributed by atoms with Crippen LogP contribution in [0, 0.1) is 22.9 Å². The Morgan fingerprint density at radius 2 is 2.14 bits per heavy atom. The first-order valence-electron chi connectivity index (χ1n) is 5.76. The van der Waals surface area contributed by atoms with Crippen LogP contribution in [0.25, 0.3) is 0 Å². The van der Waals surface area contributed by atoms with Crippen LogP contribution in [-0.2, 0) is 0 Å². The molecule has 0 aliphatic carbocycles. The van der Waals surface area contributed by atoms with Crippen molar-refractivity contribution >= 4 is 23.2 Å². The van der Waals surface area contributed by atoms with E-state index in [0.717, 1.165) is 6.07 Å². The van der Waals surface area contributed by atoms with Crippen LogP contribution in [0.4, 0.5) is 16.0 Å². The molecule has 1 aromatic heterocycles. The van der Waals surface area contributed by atoms with E-state index in [0.29, 0.717) is 0 Å². The first-order chi connectivity index (χ1) is 9.92. The fraction of sp³-hybridized carbons (Fsp3) is 0.167. The molecule has 110 valence electrons. The molecular weight excluding hydrogens is 303 g/mol. The van der Waals surface area contributed by atoms with E-state index in [1.54, 1.807) is 7.05 Å². The van der Waals surface area contributed by atoms with Gasteiger partial charge in [0, 0.05) is 13.1 Å². The third-order valence-electron chi connectivity index (χ3n) is 2.54. The molecule has 1 heterocycles. The minimum Gasteiger partial charge on any atom is -0.433 e. The molecule has 2 rings (SSSR count). The number of halogens is 2. The zero-order chi connectivity index (χ0) is 15.6. The molecular formula is C12H10ClFN4O3. The summed E-state index contributed by atoms with van der Waals surface area (Å²) in [6.45, 7) is 1.46. The highest BCUT2D eigenvalue weighted by Gasteiger charge is 2.24. The molecule has 21 heavy (non-hydrogen) atoms. The SMILES string of the molecule is CNc1nc(C)c([N+](=O)[O-])c(Oc2ccc(F)c(Cl)c2)n1. The molecule has 1 N–H and O–H groups in total. The Kier molecular flexibility index (Phi) is 4.18. The van der Waals surface area contributed by atoms with Crippen molar-refractivity contribution in [3.8, 4) is 11.6 Å². The molecule has 9 heteroatoms. The van der Waals surface area contributed by atoms with Crippen LogP contribution in [0.2, 0.25) is 5.02 Å². The summed E-state index contributed by atoms with van der Waals surface area (Å²) in [4.78, 5) is 18.3. The Bertz CT molecular complexity index is 711. The molecule has 0 aliphatic rings. The van der Waals surface area contributed by atoms with Crippen LogP contribution < -0.4 is 10.1 Å². The maximum Gasteiger partial charge on any atom is 0.352 e. The normalized spacial score (nSPS) is 10.3. The summed E-state index contributed by atoms with van der Waals surface area (Å²) >= 11 is 5.64. The molecule has 7 nitrogen and oxygen atoms in total. The van der Waals surface area contributed by atoms with Gasteiger partial charge in [0.2, 0.25) is 5.95 Å². The number of rotatable bonds is 4. The molecule has 0 amide bonds. The number of hydrogen-bond acceptors (Lipinski definition) is 6. The summed E-state index contributed by atoms with van der Waals surface area (Å²) in [7, 11) is 1.57. The Balaban J connectivity index is 2.48. The van der Waals surface area contributed by atoms with Gasteiger partial charge in [-0.3, -0.25) is 10.1 Å². The van der Waals surface area contributed by atoms with Gasteiger partial charge in [-0.05, 0) is 19.1 Å². The van der Waals surface area contributed by atoms with Crippen molar-refractivity contribution in [2.75, 3.05) is 12.4 Å². The van der Waals surface area contributed by atoms with E-state index < -0.39 is 10.7 Å². The summed E-state index contributed by atoms with van der Waals surface area (Å²) in [5.74, 6) is -0.571. The average molecular weight is 313 g/mol. The molecule has 2 aromatic rings. The number of nitrogens with zero attached hydrogens (tertiary/aromatic N) is 3. The number of benzene rings is 1. The number of ether oxygens (including phenoxy) is 1. The summed E-state index contributed by atoms with van der Waals surface area (Å²) in [6.07, 6.45) is 0. The van der Waals surface area contributed by atoms with E-state index in [4.69, 9.17) is 16.3 Å². The smallest absolute Gasteiger partial charge is 0.352 e. The fourth-order valence-electron chi connectivity index (χ4n) is 1.59. The monoisotopic (exact) mass is 312 g/mol. The standard InChI is InChI=1S/C12H10ClFN4O3/c1-6-10(18(19)20)11(17-12(15-2)16-6)21-7-3-4-9(14)8(13)5-7/h3-5H,1-2H3,(H,15,16,17). The van der Waals surface area contributed by atoms with Gasteiger partial charge in [0.15, 0.2) is 0 Å². The lowest BCUT2D eigenvalue weighted by Crippen LogP contribution is -2.05. The topological polar surface area (TPSA) is 90.2 Å². The van der Waals surface area contributed by atoms with Crippen molar-refractivity contribution in [2.24, 2.45) is 0 Å².